The third kappa shape index (κ3) is 3.00. The molecule has 1 heterocycles. The SMILES string of the molecule is CN1C[C@H](c2ccc(Cl)cc2)[C@@]2(C[C@H]3[C@@H]4CCc5cc(O)ccc5[C@H]4CC[C@]3(C)C2=O)[C@@]12C(=O)c1cccc3cccc2c13. The molecule has 7 atom stereocenters. The van der Waals surface area contributed by atoms with Crippen LogP contribution in [0.5, 0.6) is 5.75 Å². The topological polar surface area (TPSA) is 57.6 Å². The van der Waals surface area contributed by atoms with Crippen LogP contribution in [0.2, 0.25) is 5.02 Å². The van der Waals surface area contributed by atoms with Gasteiger partial charge in [0.2, 0.25) is 0 Å². The molecule has 9 rings (SSSR count). The molecule has 44 heavy (non-hydrogen) atoms. The van der Waals surface area contributed by atoms with Crippen LogP contribution in [0, 0.1) is 22.7 Å². The standard InChI is InChI=1S/C39H36ClNO3/c1-37-18-17-28-27-16-14-26(42)19-24(27)11-15-29(28)32(37)20-38(36(37)44)33(22-9-12-25(40)13-10-22)21-41(2)39(38)31-8-4-6-23-5-3-7-30(34(23)31)35(39)43/h3-10,12-14,16,19,28-29,32-33,42H,11,15,17-18,20-21H2,1-2H3/t28-,29-,32+,33-,37+,38-,39-/m1/s1. The Morgan fingerprint density at radius 2 is 1.73 bits per heavy atom. The van der Waals surface area contributed by atoms with Gasteiger partial charge in [-0.1, -0.05) is 73.1 Å². The van der Waals surface area contributed by atoms with Crippen molar-refractivity contribution in [2.45, 2.75) is 56.4 Å². The Morgan fingerprint density at radius 3 is 2.52 bits per heavy atom. The highest BCUT2D eigenvalue weighted by Crippen LogP contribution is 2.74. The van der Waals surface area contributed by atoms with Crippen LogP contribution < -0.4 is 0 Å². The van der Waals surface area contributed by atoms with Gasteiger partial charge in [0.05, 0.1) is 5.41 Å². The van der Waals surface area contributed by atoms with Gasteiger partial charge in [0, 0.05) is 28.5 Å². The summed E-state index contributed by atoms with van der Waals surface area (Å²) in [7, 11) is 2.07. The third-order valence-electron chi connectivity index (χ3n) is 13.0. The molecule has 5 heteroatoms. The molecule has 2 saturated carbocycles. The molecule has 4 nitrogen and oxygen atoms in total. The summed E-state index contributed by atoms with van der Waals surface area (Å²) in [5.74, 6) is 1.45. The quantitative estimate of drug-likeness (QED) is 0.240. The van der Waals surface area contributed by atoms with Crippen molar-refractivity contribution in [2.75, 3.05) is 13.6 Å². The van der Waals surface area contributed by atoms with Crippen LogP contribution >= 0.6 is 11.6 Å². The molecule has 4 aliphatic carbocycles. The Hall–Kier alpha value is -3.47. The van der Waals surface area contributed by atoms with Crippen LogP contribution in [-0.2, 0) is 16.8 Å². The van der Waals surface area contributed by atoms with E-state index in [0.717, 1.165) is 53.1 Å². The number of halogens is 1. The van der Waals surface area contributed by atoms with Crippen molar-refractivity contribution in [3.8, 4) is 5.75 Å². The van der Waals surface area contributed by atoms with E-state index in [1.165, 1.54) is 11.1 Å². The minimum absolute atomic E-state index is 0.0832. The van der Waals surface area contributed by atoms with Crippen LogP contribution in [0.3, 0.4) is 0 Å². The van der Waals surface area contributed by atoms with E-state index < -0.39 is 16.4 Å². The Morgan fingerprint density at radius 1 is 0.955 bits per heavy atom. The van der Waals surface area contributed by atoms with Crippen molar-refractivity contribution in [2.24, 2.45) is 22.7 Å². The highest BCUT2D eigenvalue weighted by molar-refractivity contribution is 6.30. The number of aryl methyl sites for hydroxylation is 1. The number of benzene rings is 4. The van der Waals surface area contributed by atoms with E-state index in [2.05, 4.69) is 61.3 Å². The summed E-state index contributed by atoms with van der Waals surface area (Å²) in [6, 6.07) is 26.2. The zero-order valence-corrected chi connectivity index (χ0v) is 25.9. The molecule has 3 fully saturated rings. The molecule has 0 aromatic heterocycles. The molecule has 0 bridgehead atoms. The zero-order chi connectivity index (χ0) is 30.2. The van der Waals surface area contributed by atoms with E-state index >= 15 is 9.59 Å². The van der Waals surface area contributed by atoms with Gasteiger partial charge in [-0.2, -0.15) is 0 Å². The molecule has 0 radical (unpaired) electrons. The number of fused-ring (bicyclic) bond motifs is 7. The number of likely N-dealkylation sites (N-methyl/N-ethyl adjacent to an activating group) is 1. The minimum atomic E-state index is -1.06. The summed E-state index contributed by atoms with van der Waals surface area (Å²) < 4.78 is 0. The van der Waals surface area contributed by atoms with Crippen LogP contribution in [0.15, 0.2) is 78.9 Å². The van der Waals surface area contributed by atoms with Crippen LogP contribution in [0.1, 0.15) is 77.1 Å². The lowest BCUT2D eigenvalue weighted by Gasteiger charge is -2.48. The maximum absolute atomic E-state index is 15.8. The van der Waals surface area contributed by atoms with Crippen molar-refractivity contribution in [1.29, 1.82) is 0 Å². The first kappa shape index (κ1) is 26.9. The second-order valence-electron chi connectivity index (χ2n) is 14.5. The number of hydrogen-bond acceptors (Lipinski definition) is 4. The van der Waals surface area contributed by atoms with Crippen molar-refractivity contribution in [3.63, 3.8) is 0 Å². The summed E-state index contributed by atoms with van der Waals surface area (Å²) in [5.41, 5.74) is 2.95. The van der Waals surface area contributed by atoms with Crippen LogP contribution in [0.25, 0.3) is 10.8 Å². The number of likely N-dealkylation sites (tertiary alicyclic amines) is 1. The van der Waals surface area contributed by atoms with E-state index in [1.807, 2.05) is 36.4 Å². The average molecular weight is 602 g/mol. The fourth-order valence-electron chi connectivity index (χ4n) is 11.3. The number of nitrogens with zero attached hydrogens (tertiary/aromatic N) is 1. The molecule has 4 aromatic rings. The van der Waals surface area contributed by atoms with E-state index in [0.29, 0.717) is 35.6 Å². The average Bonchev–Trinajstić information content (AvgIpc) is 3.55. The first-order chi connectivity index (χ1) is 21.2. The molecular weight excluding hydrogens is 566 g/mol. The van der Waals surface area contributed by atoms with Gasteiger partial charge < -0.3 is 5.11 Å². The number of ketones is 2. The summed E-state index contributed by atoms with van der Waals surface area (Å²) in [6.07, 6.45) is 4.38. The largest absolute Gasteiger partial charge is 0.508 e. The van der Waals surface area contributed by atoms with Gasteiger partial charge in [-0.3, -0.25) is 14.5 Å². The summed E-state index contributed by atoms with van der Waals surface area (Å²) in [4.78, 5) is 33.2. The van der Waals surface area contributed by atoms with Crippen molar-refractivity contribution < 1.29 is 14.7 Å². The number of Topliss-reactive ketones (excluding diaryl/α,β-unsaturated/α-hetero) is 2. The summed E-state index contributed by atoms with van der Waals surface area (Å²) >= 11 is 6.39. The lowest BCUT2D eigenvalue weighted by Crippen LogP contribution is -2.57. The van der Waals surface area contributed by atoms with Gasteiger partial charge in [-0.25, -0.2) is 0 Å². The Kier molecular flexibility index (Phi) is 5.40. The first-order valence-electron chi connectivity index (χ1n) is 16.1. The van der Waals surface area contributed by atoms with Gasteiger partial charge in [0.15, 0.2) is 5.78 Å². The van der Waals surface area contributed by atoms with Crippen LogP contribution in [-0.4, -0.2) is 35.2 Å². The third-order valence-corrected chi connectivity index (χ3v) is 13.2. The molecule has 1 N–H and O–H groups in total. The maximum atomic E-state index is 15.8. The molecule has 4 aromatic carbocycles. The summed E-state index contributed by atoms with van der Waals surface area (Å²) in [5, 5.41) is 13.0. The number of carbonyl (C=O) groups excluding carboxylic acids is 2. The lowest BCUT2D eigenvalue weighted by atomic mass is 9.55. The number of phenolic OH excluding ortho intramolecular Hbond substituents is 1. The van der Waals surface area contributed by atoms with Crippen molar-refractivity contribution in [1.82, 2.24) is 4.90 Å². The number of phenols is 1. The Balaban J connectivity index is 1.29. The molecule has 2 spiro atoms. The Bertz CT molecular complexity index is 1910. The number of hydrogen-bond donors (Lipinski definition) is 1. The summed E-state index contributed by atoms with van der Waals surface area (Å²) in [6.45, 7) is 2.86. The van der Waals surface area contributed by atoms with Crippen molar-refractivity contribution in [3.05, 3.63) is 112 Å². The van der Waals surface area contributed by atoms with Crippen LogP contribution in [0.4, 0.5) is 0 Å². The van der Waals surface area contributed by atoms with E-state index in [1.54, 1.807) is 0 Å². The molecule has 5 aliphatic rings. The van der Waals surface area contributed by atoms with E-state index in [9.17, 15) is 5.11 Å². The smallest absolute Gasteiger partial charge is 0.189 e. The molecular formula is C39H36ClNO3. The normalized spacial score (nSPS) is 35.4. The maximum Gasteiger partial charge on any atom is 0.189 e. The Labute approximate surface area is 263 Å². The van der Waals surface area contributed by atoms with Crippen molar-refractivity contribution >= 4 is 33.9 Å². The second kappa shape index (κ2) is 8.83. The molecule has 222 valence electrons. The number of rotatable bonds is 1. The molecule has 0 amide bonds. The van der Waals surface area contributed by atoms with Gasteiger partial charge >= 0.3 is 0 Å². The second-order valence-corrected chi connectivity index (χ2v) is 14.9. The van der Waals surface area contributed by atoms with E-state index in [4.69, 9.17) is 11.6 Å². The van der Waals surface area contributed by atoms with Gasteiger partial charge in [-0.05, 0) is 114 Å². The number of carbonyl (C=O) groups is 2. The van der Waals surface area contributed by atoms with Gasteiger partial charge in [0.1, 0.15) is 17.1 Å². The van der Waals surface area contributed by atoms with Gasteiger partial charge in [-0.15, -0.1) is 0 Å². The highest BCUT2D eigenvalue weighted by Gasteiger charge is 2.79. The fourth-order valence-corrected chi connectivity index (χ4v) is 11.5. The lowest BCUT2D eigenvalue weighted by molar-refractivity contribution is -0.139. The van der Waals surface area contributed by atoms with Gasteiger partial charge in [0.25, 0.3) is 0 Å². The zero-order valence-electron chi connectivity index (χ0n) is 25.1. The monoisotopic (exact) mass is 601 g/mol. The predicted octanol–water partition coefficient (Wildman–Crippen LogP) is 8.04. The first-order valence-corrected chi connectivity index (χ1v) is 16.5. The van der Waals surface area contributed by atoms with E-state index in [-0.39, 0.29) is 23.4 Å². The predicted molar refractivity (Wildman–Crippen MR) is 172 cm³/mol. The minimum Gasteiger partial charge on any atom is -0.508 e. The number of aromatic hydroxyl groups is 1. The fraction of sp³-hybridized carbons (Fsp3) is 0.385. The highest BCUT2D eigenvalue weighted by atomic mass is 35.5. The molecule has 0 unspecified atom stereocenters. The molecule has 1 saturated heterocycles. The molecule has 1 aliphatic heterocycles.